The van der Waals surface area contributed by atoms with Crippen molar-refractivity contribution in [2.75, 3.05) is 13.0 Å². The van der Waals surface area contributed by atoms with Gasteiger partial charge in [0.2, 0.25) is 6.79 Å². The van der Waals surface area contributed by atoms with Crippen LogP contribution in [-0.4, -0.2) is 21.5 Å². The van der Waals surface area contributed by atoms with Gasteiger partial charge in [0, 0.05) is 26.8 Å². The van der Waals surface area contributed by atoms with Crippen LogP contribution in [0.1, 0.15) is 5.56 Å². The molecule has 0 atom stereocenters. The molecule has 0 bridgehead atoms. The zero-order valence-electron chi connectivity index (χ0n) is 16.8. The van der Waals surface area contributed by atoms with Crippen LogP contribution in [0.5, 0.6) is 11.5 Å². The van der Waals surface area contributed by atoms with Crippen molar-refractivity contribution in [3.63, 3.8) is 0 Å². The van der Waals surface area contributed by atoms with E-state index in [1.54, 1.807) is 24.3 Å². The number of benzene rings is 3. The first-order chi connectivity index (χ1) is 14.8. The van der Waals surface area contributed by atoms with E-state index < -0.39 is 9.84 Å². The van der Waals surface area contributed by atoms with Crippen LogP contribution in [0.2, 0.25) is 0 Å². The molecular weight excluding hydrogens is 432 g/mol. The van der Waals surface area contributed by atoms with Crippen LogP contribution in [-0.2, 0) is 9.84 Å². The van der Waals surface area contributed by atoms with E-state index in [0.29, 0.717) is 22.4 Å². The summed E-state index contributed by atoms with van der Waals surface area (Å²) in [6.45, 7) is 2.08. The minimum atomic E-state index is -3.31. The maximum atomic E-state index is 13.6. The predicted molar refractivity (Wildman–Crippen MR) is 123 cm³/mol. The molecule has 5 rings (SSSR count). The number of sulfone groups is 1. The monoisotopic (exact) mass is 450 g/mol. The molecule has 0 unspecified atom stereocenters. The Morgan fingerprint density at radius 3 is 2.42 bits per heavy atom. The smallest absolute Gasteiger partial charge is 0.231 e. The molecule has 0 N–H and O–H groups in total. The molecule has 1 aliphatic rings. The summed E-state index contributed by atoms with van der Waals surface area (Å²) in [7, 11) is -3.31. The third kappa shape index (κ3) is 3.40. The lowest BCUT2D eigenvalue weighted by molar-refractivity contribution is 0.173. The van der Waals surface area contributed by atoms with Gasteiger partial charge in [-0.15, -0.1) is 11.3 Å². The van der Waals surface area contributed by atoms with Crippen molar-refractivity contribution >= 4 is 31.3 Å². The molecule has 4 aromatic rings. The minimum absolute atomic E-state index is 0.0743. The lowest BCUT2D eigenvalue weighted by atomic mass is 9.98. The van der Waals surface area contributed by atoms with E-state index in [9.17, 15) is 13.2 Å². The van der Waals surface area contributed by atoms with Crippen LogP contribution in [0.15, 0.2) is 70.4 Å². The number of rotatable bonds is 3. The number of fused-ring (bicyclic) bond motifs is 2. The minimum Gasteiger partial charge on any atom is -0.454 e. The van der Waals surface area contributed by atoms with Gasteiger partial charge >= 0.3 is 0 Å². The van der Waals surface area contributed by atoms with Crippen molar-refractivity contribution in [3.8, 4) is 33.1 Å². The normalized spacial score (nSPS) is 13.0. The van der Waals surface area contributed by atoms with Gasteiger partial charge in [0.15, 0.2) is 26.8 Å². The van der Waals surface area contributed by atoms with Gasteiger partial charge in [0.1, 0.15) is 0 Å². The van der Waals surface area contributed by atoms with Crippen molar-refractivity contribution in [2.45, 2.75) is 11.8 Å². The molecule has 31 heavy (non-hydrogen) atoms. The topological polar surface area (TPSA) is 69.7 Å². The summed E-state index contributed by atoms with van der Waals surface area (Å²) < 4.78 is 35.7. The lowest BCUT2D eigenvalue weighted by Gasteiger charge is -2.13. The summed E-state index contributed by atoms with van der Waals surface area (Å²) in [5.41, 5.74) is 2.91. The van der Waals surface area contributed by atoms with Crippen LogP contribution in [0, 0.1) is 6.92 Å². The van der Waals surface area contributed by atoms with Gasteiger partial charge in [-0.1, -0.05) is 24.3 Å². The quantitative estimate of drug-likeness (QED) is 0.438. The SMILES string of the molecule is Cc1cc(-c2c(-c3ccc(S(C)(=O)=O)cc3)sc3ccccc3c2=O)cc2c1OCO2. The van der Waals surface area contributed by atoms with Gasteiger partial charge in [-0.25, -0.2) is 8.42 Å². The first-order valence-corrected chi connectivity index (χ1v) is 12.3. The van der Waals surface area contributed by atoms with Crippen molar-refractivity contribution in [1.82, 2.24) is 0 Å². The summed E-state index contributed by atoms with van der Waals surface area (Å²) in [6, 6.07) is 17.9. The molecular formula is C24H18O5S2. The largest absolute Gasteiger partial charge is 0.454 e. The maximum Gasteiger partial charge on any atom is 0.231 e. The van der Waals surface area contributed by atoms with E-state index in [1.165, 1.54) is 17.6 Å². The van der Waals surface area contributed by atoms with Crippen LogP contribution in [0.4, 0.5) is 0 Å². The Kier molecular flexibility index (Phi) is 4.60. The summed E-state index contributed by atoms with van der Waals surface area (Å²) in [6.07, 6.45) is 1.18. The van der Waals surface area contributed by atoms with Crippen molar-refractivity contribution < 1.29 is 17.9 Å². The molecule has 1 aliphatic heterocycles. The van der Waals surface area contributed by atoms with Crippen LogP contribution in [0.3, 0.4) is 0 Å². The maximum absolute atomic E-state index is 13.6. The first-order valence-electron chi connectivity index (χ1n) is 9.60. The Bertz CT molecular complexity index is 1500. The molecule has 0 saturated heterocycles. The molecule has 2 heterocycles. The molecule has 0 saturated carbocycles. The van der Waals surface area contributed by atoms with E-state index in [0.717, 1.165) is 26.3 Å². The Balaban J connectivity index is 1.81. The predicted octanol–water partition coefficient (Wildman–Crippen LogP) is 5.04. The van der Waals surface area contributed by atoms with Gasteiger partial charge in [-0.05, 0) is 60.0 Å². The van der Waals surface area contributed by atoms with Gasteiger partial charge < -0.3 is 9.47 Å². The lowest BCUT2D eigenvalue weighted by Crippen LogP contribution is -2.06. The Morgan fingerprint density at radius 2 is 1.68 bits per heavy atom. The summed E-state index contributed by atoms with van der Waals surface area (Å²) in [4.78, 5) is 14.6. The highest BCUT2D eigenvalue weighted by atomic mass is 32.2. The average Bonchev–Trinajstić information content (AvgIpc) is 3.22. The van der Waals surface area contributed by atoms with E-state index in [-0.39, 0.29) is 17.1 Å². The molecule has 1 aromatic heterocycles. The molecule has 0 fully saturated rings. The second kappa shape index (κ2) is 7.21. The third-order valence-corrected chi connectivity index (χ3v) is 7.64. The zero-order valence-corrected chi connectivity index (χ0v) is 18.5. The van der Waals surface area contributed by atoms with Crippen molar-refractivity contribution in [1.29, 1.82) is 0 Å². The highest BCUT2D eigenvalue weighted by Crippen LogP contribution is 2.43. The van der Waals surface area contributed by atoms with E-state index >= 15 is 0 Å². The number of hydrogen-bond donors (Lipinski definition) is 0. The zero-order chi connectivity index (χ0) is 21.8. The average molecular weight is 451 g/mol. The fourth-order valence-electron chi connectivity index (χ4n) is 3.79. The molecule has 0 amide bonds. The highest BCUT2D eigenvalue weighted by molar-refractivity contribution is 7.90. The van der Waals surface area contributed by atoms with E-state index in [4.69, 9.17) is 9.47 Å². The molecule has 5 nitrogen and oxygen atoms in total. The molecule has 156 valence electrons. The molecule has 3 aromatic carbocycles. The molecule has 0 radical (unpaired) electrons. The summed E-state index contributed by atoms with van der Waals surface area (Å²) in [5, 5.41) is 0.648. The molecule has 0 aliphatic carbocycles. The van der Waals surface area contributed by atoms with Gasteiger partial charge in [-0.3, -0.25) is 4.79 Å². The van der Waals surface area contributed by atoms with Gasteiger partial charge in [-0.2, -0.15) is 0 Å². The third-order valence-electron chi connectivity index (χ3n) is 5.29. The Hall–Kier alpha value is -3.16. The number of hydrogen-bond acceptors (Lipinski definition) is 6. The summed E-state index contributed by atoms with van der Waals surface area (Å²) >= 11 is 1.51. The number of ether oxygens (including phenoxy) is 2. The fourth-order valence-corrected chi connectivity index (χ4v) is 5.63. The van der Waals surface area contributed by atoms with Crippen LogP contribution < -0.4 is 14.9 Å². The molecule has 0 spiro atoms. The van der Waals surface area contributed by atoms with Gasteiger partial charge in [0.05, 0.1) is 4.90 Å². The fraction of sp³-hybridized carbons (Fsp3) is 0.125. The highest BCUT2D eigenvalue weighted by Gasteiger charge is 2.22. The van der Waals surface area contributed by atoms with E-state index in [2.05, 4.69) is 0 Å². The standard InChI is InChI=1S/C24H18O5S2/c1-14-11-16(12-19-23(14)29-13-28-19)21-22(25)18-5-3-4-6-20(18)30-24(21)15-7-9-17(10-8-15)31(2,26)27/h3-12H,13H2,1-2H3. The number of aryl methyl sites for hydroxylation is 1. The van der Waals surface area contributed by atoms with Gasteiger partial charge in [0.25, 0.3) is 0 Å². The second-order valence-corrected chi connectivity index (χ2v) is 10.5. The first kappa shape index (κ1) is 19.8. The second-order valence-electron chi connectivity index (χ2n) is 7.45. The molecule has 7 heteroatoms. The van der Waals surface area contributed by atoms with E-state index in [1.807, 2.05) is 43.3 Å². The van der Waals surface area contributed by atoms with Crippen molar-refractivity contribution in [3.05, 3.63) is 76.5 Å². The van der Waals surface area contributed by atoms with Crippen molar-refractivity contribution in [2.24, 2.45) is 0 Å². The Morgan fingerprint density at radius 1 is 0.935 bits per heavy atom. The Labute approximate surface area is 183 Å². The summed E-state index contributed by atoms with van der Waals surface area (Å²) in [5.74, 6) is 1.31. The van der Waals surface area contributed by atoms with Crippen LogP contribution >= 0.6 is 11.3 Å². The van der Waals surface area contributed by atoms with Crippen LogP contribution in [0.25, 0.3) is 31.7 Å².